The quantitative estimate of drug-likeness (QED) is 0.780. The molecule has 0 bridgehead atoms. The first-order chi connectivity index (χ1) is 6.90. The zero-order valence-corrected chi connectivity index (χ0v) is 8.74. The third-order valence-corrected chi connectivity index (χ3v) is 2.84. The Hall–Kier alpha value is -0.900. The molecular weight excluding hydrogens is 176 g/mol. The molecule has 1 N–H and O–H groups in total. The molecule has 0 spiro atoms. The van der Waals surface area contributed by atoms with Crippen LogP contribution >= 0.6 is 0 Å². The summed E-state index contributed by atoms with van der Waals surface area (Å²) in [7, 11) is 0. The molecule has 1 aliphatic rings. The second-order valence-electron chi connectivity index (χ2n) is 3.84. The molecule has 0 amide bonds. The van der Waals surface area contributed by atoms with Crippen molar-refractivity contribution in [2.45, 2.75) is 45.2 Å². The van der Waals surface area contributed by atoms with Gasteiger partial charge in [-0.1, -0.05) is 6.42 Å². The molecule has 1 aromatic rings. The molecule has 1 atom stereocenters. The molecule has 78 valence electrons. The van der Waals surface area contributed by atoms with Crippen LogP contribution in [0, 0.1) is 0 Å². The molecule has 0 aromatic carbocycles. The lowest BCUT2D eigenvalue weighted by Gasteiger charge is -2.22. The number of hydrogen-bond acceptors (Lipinski definition) is 3. The highest BCUT2D eigenvalue weighted by Gasteiger charge is 2.15. The summed E-state index contributed by atoms with van der Waals surface area (Å²) in [6, 6.07) is 0.609. The third-order valence-electron chi connectivity index (χ3n) is 2.84. The average Bonchev–Trinajstić information content (AvgIpc) is 2.67. The van der Waals surface area contributed by atoms with E-state index in [2.05, 4.69) is 22.3 Å². The van der Waals surface area contributed by atoms with E-state index in [0.717, 1.165) is 25.3 Å². The topological polar surface area (TPSA) is 42.7 Å². The van der Waals surface area contributed by atoms with E-state index in [1.165, 1.54) is 19.3 Å². The Morgan fingerprint density at radius 3 is 3.21 bits per heavy atom. The second-order valence-corrected chi connectivity index (χ2v) is 3.84. The zero-order chi connectivity index (χ0) is 9.80. The van der Waals surface area contributed by atoms with Crippen molar-refractivity contribution in [3.63, 3.8) is 0 Å². The van der Waals surface area contributed by atoms with E-state index < -0.39 is 0 Å². The van der Waals surface area contributed by atoms with Gasteiger partial charge in [0.2, 0.25) is 0 Å². The smallest absolute Gasteiger partial charge is 0.138 e. The molecule has 1 aliphatic heterocycles. The number of aromatic nitrogens is 3. The lowest BCUT2D eigenvalue weighted by Crippen LogP contribution is -2.36. The molecule has 0 aliphatic carbocycles. The molecule has 14 heavy (non-hydrogen) atoms. The highest BCUT2D eigenvalue weighted by Crippen LogP contribution is 2.11. The monoisotopic (exact) mass is 194 g/mol. The summed E-state index contributed by atoms with van der Waals surface area (Å²) in [6.45, 7) is 4.18. The van der Waals surface area contributed by atoms with Gasteiger partial charge in [-0.15, -0.1) is 0 Å². The lowest BCUT2D eigenvalue weighted by atomic mass is 10.0. The van der Waals surface area contributed by atoms with Crippen LogP contribution in [0.1, 0.15) is 32.0 Å². The van der Waals surface area contributed by atoms with E-state index >= 15 is 0 Å². The Morgan fingerprint density at radius 1 is 1.57 bits per heavy atom. The van der Waals surface area contributed by atoms with Gasteiger partial charge in [0.15, 0.2) is 0 Å². The first-order valence-corrected chi connectivity index (χ1v) is 5.50. The van der Waals surface area contributed by atoms with Crippen molar-refractivity contribution in [1.82, 2.24) is 20.1 Å². The fourth-order valence-corrected chi connectivity index (χ4v) is 2.03. The molecule has 1 unspecified atom stereocenters. The second kappa shape index (κ2) is 4.55. The van der Waals surface area contributed by atoms with Gasteiger partial charge >= 0.3 is 0 Å². The first-order valence-electron chi connectivity index (χ1n) is 5.50. The van der Waals surface area contributed by atoms with Gasteiger partial charge < -0.3 is 5.32 Å². The highest BCUT2D eigenvalue weighted by molar-refractivity contribution is 4.90. The molecule has 1 saturated heterocycles. The maximum absolute atomic E-state index is 4.29. The molecule has 2 heterocycles. The summed E-state index contributed by atoms with van der Waals surface area (Å²) in [5.41, 5.74) is 0. The molecular formula is C10H18N4. The minimum atomic E-state index is 0.609. The highest BCUT2D eigenvalue weighted by atomic mass is 15.3. The van der Waals surface area contributed by atoms with Gasteiger partial charge in [0.05, 0.1) is 0 Å². The largest absolute Gasteiger partial charge is 0.314 e. The van der Waals surface area contributed by atoms with Gasteiger partial charge in [0.1, 0.15) is 12.2 Å². The summed E-state index contributed by atoms with van der Waals surface area (Å²) >= 11 is 0. The van der Waals surface area contributed by atoms with Gasteiger partial charge in [0.25, 0.3) is 0 Å². The average molecular weight is 194 g/mol. The van der Waals surface area contributed by atoms with Crippen molar-refractivity contribution < 1.29 is 0 Å². The predicted octanol–water partition coefficient (Wildman–Crippen LogP) is 0.983. The van der Waals surface area contributed by atoms with Crippen LogP contribution in [-0.4, -0.2) is 27.4 Å². The Balaban J connectivity index is 1.95. The van der Waals surface area contributed by atoms with Crippen LogP contribution in [0.5, 0.6) is 0 Å². The van der Waals surface area contributed by atoms with E-state index in [9.17, 15) is 0 Å². The van der Waals surface area contributed by atoms with Crippen molar-refractivity contribution in [1.29, 1.82) is 0 Å². The van der Waals surface area contributed by atoms with E-state index in [4.69, 9.17) is 0 Å². The van der Waals surface area contributed by atoms with Crippen molar-refractivity contribution in [3.8, 4) is 0 Å². The number of nitrogens with one attached hydrogen (secondary N) is 1. The van der Waals surface area contributed by atoms with Crippen LogP contribution in [-0.2, 0) is 13.0 Å². The molecule has 0 radical (unpaired) electrons. The Labute approximate surface area is 84.7 Å². The number of hydrogen-bond donors (Lipinski definition) is 1. The number of aryl methyl sites for hydroxylation is 1. The number of nitrogens with zero attached hydrogens (tertiary/aromatic N) is 3. The van der Waals surface area contributed by atoms with E-state index in [1.54, 1.807) is 6.33 Å². The first kappa shape index (κ1) is 9.65. The summed E-state index contributed by atoms with van der Waals surface area (Å²) in [5, 5.41) is 7.71. The maximum Gasteiger partial charge on any atom is 0.138 e. The predicted molar refractivity (Wildman–Crippen MR) is 55.0 cm³/mol. The maximum atomic E-state index is 4.29. The number of rotatable bonds is 3. The standard InChI is InChI=1S/C10H18N4/c1-2-14-10(12-8-13-14)7-9-5-3-4-6-11-9/h8-9,11H,2-7H2,1H3. The summed E-state index contributed by atoms with van der Waals surface area (Å²) in [6.07, 6.45) is 6.61. The van der Waals surface area contributed by atoms with Crippen molar-refractivity contribution in [2.75, 3.05) is 6.54 Å². The van der Waals surface area contributed by atoms with Crippen LogP contribution in [0.2, 0.25) is 0 Å². The molecule has 1 aromatic heterocycles. The van der Waals surface area contributed by atoms with E-state index in [0.29, 0.717) is 6.04 Å². The van der Waals surface area contributed by atoms with Gasteiger partial charge in [-0.2, -0.15) is 5.10 Å². The fraction of sp³-hybridized carbons (Fsp3) is 0.800. The van der Waals surface area contributed by atoms with Crippen LogP contribution < -0.4 is 5.32 Å². The molecule has 1 fully saturated rings. The van der Waals surface area contributed by atoms with Crippen LogP contribution in [0.15, 0.2) is 6.33 Å². The SMILES string of the molecule is CCn1ncnc1CC1CCCCN1. The minimum Gasteiger partial charge on any atom is -0.314 e. The molecule has 4 nitrogen and oxygen atoms in total. The van der Waals surface area contributed by atoms with E-state index in [1.807, 2.05) is 4.68 Å². The normalized spacial score (nSPS) is 22.5. The Bertz CT molecular complexity index is 275. The fourth-order valence-electron chi connectivity index (χ4n) is 2.03. The third kappa shape index (κ3) is 2.12. The van der Waals surface area contributed by atoms with Crippen molar-refractivity contribution >= 4 is 0 Å². The zero-order valence-electron chi connectivity index (χ0n) is 8.74. The summed E-state index contributed by atoms with van der Waals surface area (Å²) < 4.78 is 1.98. The Kier molecular flexibility index (Phi) is 3.14. The van der Waals surface area contributed by atoms with Crippen LogP contribution in [0.3, 0.4) is 0 Å². The molecule has 0 saturated carbocycles. The van der Waals surface area contributed by atoms with Crippen LogP contribution in [0.25, 0.3) is 0 Å². The lowest BCUT2D eigenvalue weighted by molar-refractivity contribution is 0.388. The van der Waals surface area contributed by atoms with E-state index in [-0.39, 0.29) is 0 Å². The minimum absolute atomic E-state index is 0.609. The van der Waals surface area contributed by atoms with Crippen molar-refractivity contribution in [3.05, 3.63) is 12.2 Å². The van der Waals surface area contributed by atoms with Gasteiger partial charge in [0, 0.05) is 19.0 Å². The van der Waals surface area contributed by atoms with Crippen LogP contribution in [0.4, 0.5) is 0 Å². The molecule has 4 heteroatoms. The summed E-state index contributed by atoms with van der Waals surface area (Å²) in [4.78, 5) is 4.29. The van der Waals surface area contributed by atoms with Gasteiger partial charge in [-0.3, -0.25) is 4.68 Å². The summed E-state index contributed by atoms with van der Waals surface area (Å²) in [5.74, 6) is 1.12. The molecule has 2 rings (SSSR count). The van der Waals surface area contributed by atoms with Gasteiger partial charge in [-0.25, -0.2) is 4.98 Å². The number of piperidine rings is 1. The van der Waals surface area contributed by atoms with Gasteiger partial charge in [-0.05, 0) is 26.3 Å². The Morgan fingerprint density at radius 2 is 2.50 bits per heavy atom. The van der Waals surface area contributed by atoms with Crippen molar-refractivity contribution in [2.24, 2.45) is 0 Å².